The van der Waals surface area contributed by atoms with Gasteiger partial charge >= 0.3 is 0 Å². The monoisotopic (exact) mass is 368 g/mol. The topological polar surface area (TPSA) is 84.5 Å². The number of rotatable bonds is 7. The molecule has 7 heteroatoms. The fourth-order valence-electron chi connectivity index (χ4n) is 3.09. The van der Waals surface area contributed by atoms with E-state index in [1.54, 1.807) is 18.2 Å². The van der Waals surface area contributed by atoms with Gasteiger partial charge in [-0.1, -0.05) is 6.92 Å². The summed E-state index contributed by atoms with van der Waals surface area (Å²) in [5.41, 5.74) is 1.45. The zero-order valence-corrected chi connectivity index (χ0v) is 16.0. The Bertz CT molecular complexity index is 695. The van der Waals surface area contributed by atoms with E-state index < -0.39 is 21.7 Å². The van der Waals surface area contributed by atoms with Crippen molar-refractivity contribution in [3.8, 4) is 5.75 Å². The van der Waals surface area contributed by atoms with Gasteiger partial charge in [-0.2, -0.15) is 0 Å². The molecule has 0 aliphatic heterocycles. The minimum absolute atomic E-state index is 0.0540. The second-order valence-corrected chi connectivity index (χ2v) is 8.55. The standard InChI is InChI=1S/C18H28N2O4S/c1-4-24-17-10-9-16(11-14(17)3)19-18(21)12-25(22,23)20-15-7-5-13(2)6-8-15/h9-11,13,15,20H,4-8,12H2,1-3H3,(H,19,21). The van der Waals surface area contributed by atoms with Gasteiger partial charge in [-0.15, -0.1) is 0 Å². The molecule has 0 heterocycles. The lowest BCUT2D eigenvalue weighted by Gasteiger charge is -2.26. The van der Waals surface area contributed by atoms with Crippen LogP contribution in [0.25, 0.3) is 0 Å². The Morgan fingerprint density at radius 3 is 2.52 bits per heavy atom. The van der Waals surface area contributed by atoms with Gasteiger partial charge in [0.25, 0.3) is 0 Å². The lowest BCUT2D eigenvalue weighted by atomic mass is 9.88. The molecule has 2 N–H and O–H groups in total. The van der Waals surface area contributed by atoms with Gasteiger partial charge in [-0.25, -0.2) is 13.1 Å². The van der Waals surface area contributed by atoms with Crippen molar-refractivity contribution in [1.82, 2.24) is 4.72 Å². The summed E-state index contributed by atoms with van der Waals surface area (Å²) >= 11 is 0. The van der Waals surface area contributed by atoms with Crippen molar-refractivity contribution in [3.05, 3.63) is 23.8 Å². The number of aryl methyl sites for hydroxylation is 1. The van der Waals surface area contributed by atoms with E-state index in [-0.39, 0.29) is 6.04 Å². The van der Waals surface area contributed by atoms with Crippen LogP contribution >= 0.6 is 0 Å². The van der Waals surface area contributed by atoms with Crippen LogP contribution in [0.15, 0.2) is 18.2 Å². The van der Waals surface area contributed by atoms with E-state index in [9.17, 15) is 13.2 Å². The lowest BCUT2D eigenvalue weighted by molar-refractivity contribution is -0.113. The predicted octanol–water partition coefficient (Wildman–Crippen LogP) is 2.83. The molecule has 1 saturated carbocycles. The van der Waals surface area contributed by atoms with Crippen LogP contribution in [0, 0.1) is 12.8 Å². The first-order valence-electron chi connectivity index (χ1n) is 8.82. The number of anilines is 1. The third kappa shape index (κ3) is 6.32. The number of carbonyl (C=O) groups is 1. The van der Waals surface area contributed by atoms with E-state index >= 15 is 0 Å². The lowest BCUT2D eigenvalue weighted by Crippen LogP contribution is -2.41. The average molecular weight is 368 g/mol. The van der Waals surface area contributed by atoms with Gasteiger partial charge in [-0.05, 0) is 69.2 Å². The Kier molecular flexibility index (Phi) is 6.84. The summed E-state index contributed by atoms with van der Waals surface area (Å²) in [5.74, 6) is 0.291. The van der Waals surface area contributed by atoms with Gasteiger partial charge in [0.2, 0.25) is 15.9 Å². The van der Waals surface area contributed by atoms with Gasteiger partial charge in [0, 0.05) is 11.7 Å². The fourth-order valence-corrected chi connectivity index (χ4v) is 4.33. The van der Waals surface area contributed by atoms with E-state index in [4.69, 9.17) is 4.74 Å². The molecular weight excluding hydrogens is 340 g/mol. The predicted molar refractivity (Wildman–Crippen MR) is 99.3 cm³/mol. The van der Waals surface area contributed by atoms with E-state index in [1.807, 2.05) is 13.8 Å². The Balaban J connectivity index is 1.89. The number of benzene rings is 1. The second kappa shape index (κ2) is 8.67. The Labute approximate surface area is 150 Å². The summed E-state index contributed by atoms with van der Waals surface area (Å²) in [6, 6.07) is 5.19. The Hall–Kier alpha value is -1.60. The number of sulfonamides is 1. The summed E-state index contributed by atoms with van der Waals surface area (Å²) in [5, 5.41) is 2.64. The van der Waals surface area contributed by atoms with Gasteiger partial charge in [0.1, 0.15) is 11.5 Å². The van der Waals surface area contributed by atoms with E-state index in [0.717, 1.165) is 37.0 Å². The molecule has 1 fully saturated rings. The van der Waals surface area contributed by atoms with E-state index in [1.165, 1.54) is 0 Å². The molecule has 6 nitrogen and oxygen atoms in total. The molecule has 1 aliphatic carbocycles. The normalized spacial score (nSPS) is 20.9. The van der Waals surface area contributed by atoms with Crippen LogP contribution in [0.4, 0.5) is 5.69 Å². The molecule has 0 unspecified atom stereocenters. The summed E-state index contributed by atoms with van der Waals surface area (Å²) in [7, 11) is -3.63. The quantitative estimate of drug-likeness (QED) is 0.775. The van der Waals surface area contributed by atoms with Gasteiger partial charge < -0.3 is 10.1 Å². The molecular formula is C18H28N2O4S. The summed E-state index contributed by atoms with van der Waals surface area (Å²) in [4.78, 5) is 12.1. The second-order valence-electron chi connectivity index (χ2n) is 6.80. The smallest absolute Gasteiger partial charge is 0.240 e. The molecule has 1 aromatic rings. The van der Waals surface area contributed by atoms with Gasteiger partial charge in [0.15, 0.2) is 0 Å². The highest BCUT2D eigenvalue weighted by atomic mass is 32.2. The van der Waals surface area contributed by atoms with Crippen molar-refractivity contribution >= 4 is 21.6 Å². The molecule has 0 bridgehead atoms. The number of nitrogens with one attached hydrogen (secondary N) is 2. The highest BCUT2D eigenvalue weighted by Gasteiger charge is 2.24. The zero-order chi connectivity index (χ0) is 18.4. The van der Waals surface area contributed by atoms with Crippen molar-refractivity contribution < 1.29 is 17.9 Å². The highest BCUT2D eigenvalue weighted by molar-refractivity contribution is 7.90. The minimum atomic E-state index is -3.63. The number of carbonyl (C=O) groups excluding carboxylic acids is 1. The molecule has 0 aromatic heterocycles. The fraction of sp³-hybridized carbons (Fsp3) is 0.611. The van der Waals surface area contributed by atoms with Crippen LogP contribution in [0.2, 0.25) is 0 Å². The third-order valence-electron chi connectivity index (χ3n) is 4.44. The van der Waals surface area contributed by atoms with Crippen molar-refractivity contribution in [1.29, 1.82) is 0 Å². The Morgan fingerprint density at radius 2 is 1.92 bits per heavy atom. The first kappa shape index (κ1) is 19.7. The summed E-state index contributed by atoms with van der Waals surface area (Å²) < 4.78 is 32.5. The van der Waals surface area contributed by atoms with Crippen LogP contribution in [0.1, 0.15) is 45.1 Å². The van der Waals surface area contributed by atoms with Crippen LogP contribution in [-0.2, 0) is 14.8 Å². The number of hydrogen-bond donors (Lipinski definition) is 2. The molecule has 1 amide bonds. The first-order chi connectivity index (χ1) is 11.8. The van der Waals surface area contributed by atoms with Gasteiger partial charge in [0.05, 0.1) is 6.61 Å². The summed E-state index contributed by atoms with van der Waals surface area (Å²) in [6.45, 7) is 6.52. The minimum Gasteiger partial charge on any atom is -0.494 e. The van der Waals surface area contributed by atoms with Crippen molar-refractivity contribution in [2.24, 2.45) is 5.92 Å². The van der Waals surface area contributed by atoms with Crippen molar-refractivity contribution in [2.45, 2.75) is 52.5 Å². The first-order valence-corrected chi connectivity index (χ1v) is 10.5. The summed E-state index contributed by atoms with van der Waals surface area (Å²) in [6.07, 6.45) is 3.70. The van der Waals surface area contributed by atoms with Crippen molar-refractivity contribution in [2.75, 3.05) is 17.7 Å². The number of ether oxygens (including phenoxy) is 1. The maximum Gasteiger partial charge on any atom is 0.240 e. The maximum atomic E-state index is 12.2. The molecule has 1 aliphatic rings. The maximum absolute atomic E-state index is 12.2. The zero-order valence-electron chi connectivity index (χ0n) is 15.2. The molecule has 1 aromatic carbocycles. The van der Waals surface area contributed by atoms with Crippen LogP contribution in [0.3, 0.4) is 0 Å². The number of amides is 1. The average Bonchev–Trinajstić information content (AvgIpc) is 2.51. The van der Waals surface area contributed by atoms with E-state index in [0.29, 0.717) is 18.2 Å². The van der Waals surface area contributed by atoms with Gasteiger partial charge in [-0.3, -0.25) is 4.79 Å². The molecule has 0 spiro atoms. The molecule has 25 heavy (non-hydrogen) atoms. The molecule has 140 valence electrons. The Morgan fingerprint density at radius 1 is 1.24 bits per heavy atom. The molecule has 0 radical (unpaired) electrons. The van der Waals surface area contributed by atoms with Crippen LogP contribution < -0.4 is 14.8 Å². The molecule has 0 saturated heterocycles. The van der Waals surface area contributed by atoms with E-state index in [2.05, 4.69) is 17.0 Å². The van der Waals surface area contributed by atoms with Crippen LogP contribution in [-0.4, -0.2) is 32.7 Å². The number of hydrogen-bond acceptors (Lipinski definition) is 4. The van der Waals surface area contributed by atoms with Crippen LogP contribution in [0.5, 0.6) is 5.75 Å². The van der Waals surface area contributed by atoms with Crippen molar-refractivity contribution in [3.63, 3.8) is 0 Å². The third-order valence-corrected chi connectivity index (χ3v) is 5.78. The molecule has 0 atom stereocenters. The largest absolute Gasteiger partial charge is 0.494 e. The SMILES string of the molecule is CCOc1ccc(NC(=O)CS(=O)(=O)NC2CCC(C)CC2)cc1C. The molecule has 2 rings (SSSR count). The highest BCUT2D eigenvalue weighted by Crippen LogP contribution is 2.24.